The van der Waals surface area contributed by atoms with E-state index in [0.717, 1.165) is 25.7 Å². The van der Waals surface area contributed by atoms with Crippen LogP contribution in [0.4, 0.5) is 0 Å². The molecule has 0 radical (unpaired) electrons. The predicted octanol–water partition coefficient (Wildman–Crippen LogP) is 1.55. The minimum absolute atomic E-state index is 0.0402. The third-order valence-electron chi connectivity index (χ3n) is 4.44. The Hall–Kier alpha value is -1.93. The zero-order chi connectivity index (χ0) is 19.4. The summed E-state index contributed by atoms with van der Waals surface area (Å²) in [4.78, 5) is 24.2. The van der Waals surface area contributed by atoms with Gasteiger partial charge in [-0.05, 0) is 51.3 Å². The van der Waals surface area contributed by atoms with Crippen molar-refractivity contribution in [1.29, 1.82) is 0 Å². The first kappa shape index (κ1) is 20.4. The van der Waals surface area contributed by atoms with E-state index in [4.69, 9.17) is 0 Å². The highest BCUT2D eigenvalue weighted by molar-refractivity contribution is 7.89. The second-order valence-electron chi connectivity index (χ2n) is 6.75. The summed E-state index contributed by atoms with van der Waals surface area (Å²) in [5, 5.41) is 5.58. The predicted molar refractivity (Wildman–Crippen MR) is 99.2 cm³/mol. The summed E-state index contributed by atoms with van der Waals surface area (Å²) < 4.78 is 27.3. The first-order chi connectivity index (χ1) is 12.2. The Balaban J connectivity index is 2.12. The molecule has 2 rings (SSSR count). The molecule has 0 heterocycles. The van der Waals surface area contributed by atoms with Crippen molar-refractivity contribution in [2.75, 3.05) is 6.54 Å². The maximum atomic E-state index is 12.5. The molecule has 0 aromatic heterocycles. The monoisotopic (exact) mass is 381 g/mol. The van der Waals surface area contributed by atoms with E-state index in [-0.39, 0.29) is 16.3 Å². The van der Waals surface area contributed by atoms with E-state index in [0.29, 0.717) is 12.1 Å². The molecule has 3 N–H and O–H groups in total. The first-order valence-corrected chi connectivity index (χ1v) is 10.4. The van der Waals surface area contributed by atoms with Gasteiger partial charge in [0.1, 0.15) is 0 Å². The summed E-state index contributed by atoms with van der Waals surface area (Å²) in [5.74, 6) is -0.676. The van der Waals surface area contributed by atoms with Crippen LogP contribution in [0.2, 0.25) is 0 Å². The third kappa shape index (κ3) is 5.04. The van der Waals surface area contributed by atoms with Crippen LogP contribution < -0.4 is 15.4 Å². The van der Waals surface area contributed by atoms with Crippen LogP contribution >= 0.6 is 0 Å². The summed E-state index contributed by atoms with van der Waals surface area (Å²) in [5.41, 5.74) is 0.159. The molecule has 0 saturated heterocycles. The highest BCUT2D eigenvalue weighted by atomic mass is 32.2. The van der Waals surface area contributed by atoms with Crippen molar-refractivity contribution in [2.24, 2.45) is 0 Å². The number of benzene rings is 1. The molecule has 1 saturated carbocycles. The molecule has 0 aliphatic heterocycles. The van der Waals surface area contributed by atoms with E-state index in [9.17, 15) is 18.0 Å². The average molecular weight is 381 g/mol. The fourth-order valence-electron chi connectivity index (χ4n) is 2.87. The molecule has 1 aliphatic carbocycles. The third-order valence-corrected chi connectivity index (χ3v) is 5.98. The highest BCUT2D eigenvalue weighted by Gasteiger charge is 2.43. The van der Waals surface area contributed by atoms with Gasteiger partial charge in [-0.15, -0.1) is 0 Å². The zero-order valence-electron chi connectivity index (χ0n) is 15.5. The molecule has 0 spiro atoms. The van der Waals surface area contributed by atoms with Gasteiger partial charge < -0.3 is 10.6 Å². The summed E-state index contributed by atoms with van der Waals surface area (Å²) >= 11 is 0. The number of nitrogens with one attached hydrogen (secondary N) is 3. The summed E-state index contributed by atoms with van der Waals surface area (Å²) in [6, 6.07) is 4.95. The zero-order valence-corrected chi connectivity index (χ0v) is 16.3. The van der Waals surface area contributed by atoms with Crippen LogP contribution in [0.3, 0.4) is 0 Å². The van der Waals surface area contributed by atoms with Crippen molar-refractivity contribution in [3.63, 3.8) is 0 Å². The SMILES string of the molecule is CCCC1(NC(=O)c2cccc(S(=O)(=O)NC(C)C(=O)NCC)c2)CC1. The average Bonchev–Trinajstić information content (AvgIpc) is 3.34. The lowest BCUT2D eigenvalue weighted by Crippen LogP contribution is -2.44. The Kier molecular flexibility index (Phi) is 6.41. The number of sulfonamides is 1. The smallest absolute Gasteiger partial charge is 0.251 e. The molecule has 1 aromatic carbocycles. The van der Waals surface area contributed by atoms with E-state index >= 15 is 0 Å². The number of hydrogen-bond acceptors (Lipinski definition) is 4. The Labute approximate surface area is 155 Å². The Morgan fingerprint density at radius 1 is 1.23 bits per heavy atom. The van der Waals surface area contributed by atoms with Gasteiger partial charge in [0.2, 0.25) is 15.9 Å². The number of carbonyl (C=O) groups excluding carboxylic acids is 2. The molecular weight excluding hydrogens is 354 g/mol. The summed E-state index contributed by atoms with van der Waals surface area (Å²) in [6.45, 7) is 5.72. The lowest BCUT2D eigenvalue weighted by atomic mass is 10.1. The quantitative estimate of drug-likeness (QED) is 0.604. The number of carbonyl (C=O) groups is 2. The molecule has 2 amide bonds. The van der Waals surface area contributed by atoms with Crippen LogP contribution in [0, 0.1) is 0 Å². The second kappa shape index (κ2) is 8.18. The van der Waals surface area contributed by atoms with Gasteiger partial charge in [-0.1, -0.05) is 19.4 Å². The van der Waals surface area contributed by atoms with Gasteiger partial charge in [0.05, 0.1) is 10.9 Å². The van der Waals surface area contributed by atoms with Gasteiger partial charge in [-0.3, -0.25) is 9.59 Å². The Morgan fingerprint density at radius 2 is 1.92 bits per heavy atom. The fourth-order valence-corrected chi connectivity index (χ4v) is 4.11. The van der Waals surface area contributed by atoms with E-state index in [2.05, 4.69) is 22.3 Å². The van der Waals surface area contributed by atoms with Crippen LogP contribution in [-0.4, -0.2) is 38.4 Å². The van der Waals surface area contributed by atoms with Gasteiger partial charge in [-0.25, -0.2) is 8.42 Å². The van der Waals surface area contributed by atoms with Crippen molar-refractivity contribution in [3.05, 3.63) is 29.8 Å². The van der Waals surface area contributed by atoms with Gasteiger partial charge in [0.25, 0.3) is 5.91 Å². The summed E-state index contributed by atoms with van der Waals surface area (Å²) in [6.07, 6.45) is 3.81. The number of rotatable bonds is 9. The van der Waals surface area contributed by atoms with Crippen molar-refractivity contribution in [1.82, 2.24) is 15.4 Å². The van der Waals surface area contributed by atoms with Crippen molar-refractivity contribution >= 4 is 21.8 Å². The molecule has 1 unspecified atom stereocenters. The Morgan fingerprint density at radius 3 is 2.50 bits per heavy atom. The molecule has 7 nitrogen and oxygen atoms in total. The van der Waals surface area contributed by atoms with Gasteiger partial charge >= 0.3 is 0 Å². The molecule has 1 fully saturated rings. The number of likely N-dealkylation sites (N-methyl/N-ethyl adjacent to an activating group) is 1. The van der Waals surface area contributed by atoms with Crippen molar-refractivity contribution < 1.29 is 18.0 Å². The highest BCUT2D eigenvalue weighted by Crippen LogP contribution is 2.39. The van der Waals surface area contributed by atoms with E-state index < -0.39 is 22.0 Å². The van der Waals surface area contributed by atoms with E-state index in [1.165, 1.54) is 25.1 Å². The van der Waals surface area contributed by atoms with Crippen LogP contribution in [0.5, 0.6) is 0 Å². The van der Waals surface area contributed by atoms with E-state index in [1.807, 2.05) is 0 Å². The lowest BCUT2D eigenvalue weighted by Gasteiger charge is -2.17. The van der Waals surface area contributed by atoms with Crippen LogP contribution in [0.25, 0.3) is 0 Å². The van der Waals surface area contributed by atoms with Gasteiger partial charge in [0.15, 0.2) is 0 Å². The van der Waals surface area contributed by atoms with Crippen molar-refractivity contribution in [3.8, 4) is 0 Å². The van der Waals surface area contributed by atoms with Gasteiger partial charge in [-0.2, -0.15) is 4.72 Å². The Bertz CT molecular complexity index is 772. The van der Waals surface area contributed by atoms with Crippen LogP contribution in [0.15, 0.2) is 29.2 Å². The van der Waals surface area contributed by atoms with Crippen LogP contribution in [0.1, 0.15) is 56.8 Å². The lowest BCUT2D eigenvalue weighted by molar-refractivity contribution is -0.122. The fraction of sp³-hybridized carbons (Fsp3) is 0.556. The summed E-state index contributed by atoms with van der Waals surface area (Å²) in [7, 11) is -3.91. The second-order valence-corrected chi connectivity index (χ2v) is 8.46. The van der Waals surface area contributed by atoms with Crippen molar-refractivity contribution in [2.45, 2.75) is 62.9 Å². The number of hydrogen-bond donors (Lipinski definition) is 3. The molecule has 1 aliphatic rings. The molecule has 0 bridgehead atoms. The molecule has 26 heavy (non-hydrogen) atoms. The first-order valence-electron chi connectivity index (χ1n) is 8.95. The number of amides is 2. The minimum Gasteiger partial charge on any atom is -0.355 e. The van der Waals surface area contributed by atoms with Crippen LogP contribution in [-0.2, 0) is 14.8 Å². The maximum absolute atomic E-state index is 12.5. The molecule has 144 valence electrons. The molecule has 8 heteroatoms. The largest absolute Gasteiger partial charge is 0.355 e. The molecule has 1 atom stereocenters. The maximum Gasteiger partial charge on any atom is 0.251 e. The molecule has 1 aromatic rings. The normalized spacial score (nSPS) is 16.6. The molecular formula is C18H27N3O4S. The minimum atomic E-state index is -3.91. The topological polar surface area (TPSA) is 104 Å². The van der Waals surface area contributed by atoms with E-state index in [1.54, 1.807) is 13.0 Å². The standard InChI is InChI=1S/C18H27N3O4S/c1-4-9-18(10-11-18)20-17(23)14-7-6-8-15(12-14)26(24,25)21-13(3)16(22)19-5-2/h6-8,12-13,21H,4-5,9-11H2,1-3H3,(H,19,22)(H,20,23). The van der Waals surface area contributed by atoms with Gasteiger partial charge in [0, 0.05) is 17.6 Å².